The van der Waals surface area contributed by atoms with Gasteiger partial charge in [-0.05, 0) is 26.8 Å². The van der Waals surface area contributed by atoms with E-state index in [1.54, 1.807) is 0 Å². The molecule has 0 aliphatic rings. The highest BCUT2D eigenvalue weighted by molar-refractivity contribution is 5.85. The highest BCUT2D eigenvalue weighted by atomic mass is 17.2. The minimum atomic E-state index is -1.49. The molecule has 0 saturated carbocycles. The molecule has 2 atom stereocenters. The van der Waals surface area contributed by atoms with E-state index >= 15 is 0 Å². The van der Waals surface area contributed by atoms with E-state index in [0.717, 1.165) is 19.3 Å². The maximum atomic E-state index is 11.5. The average Bonchev–Trinajstić information content (AvgIpc) is 2.36. The monoisotopic (exact) mass is 306 g/mol. The first kappa shape index (κ1) is 19.2. The van der Waals surface area contributed by atoms with Crippen molar-refractivity contribution in [2.75, 3.05) is 6.61 Å². The van der Waals surface area contributed by atoms with Crippen molar-refractivity contribution >= 4 is 12.1 Å². The number of ether oxygens (including phenoxy) is 3. The summed E-state index contributed by atoms with van der Waals surface area (Å²) < 4.78 is 14.0. The summed E-state index contributed by atoms with van der Waals surface area (Å²) in [4.78, 5) is 31.2. The Morgan fingerprint density at radius 3 is 2.33 bits per heavy atom. The summed E-state index contributed by atoms with van der Waals surface area (Å²) in [6, 6.07) is 0. The summed E-state index contributed by atoms with van der Waals surface area (Å²) in [6.07, 6.45) is -0.765. The quantitative estimate of drug-likeness (QED) is 0.118. The van der Waals surface area contributed by atoms with Crippen LogP contribution in [-0.2, 0) is 28.8 Å². The van der Waals surface area contributed by atoms with Crippen molar-refractivity contribution in [3.05, 3.63) is 12.3 Å². The molecule has 0 saturated heterocycles. The molecule has 8 nitrogen and oxygen atoms in total. The zero-order valence-corrected chi connectivity index (χ0v) is 12.5. The molecule has 21 heavy (non-hydrogen) atoms. The fourth-order valence-electron chi connectivity index (χ4n) is 1.24. The summed E-state index contributed by atoms with van der Waals surface area (Å²) in [5.41, 5.74) is 0. The molecule has 0 amide bonds. The van der Waals surface area contributed by atoms with Gasteiger partial charge in [-0.1, -0.05) is 19.8 Å². The molecule has 2 unspecified atom stereocenters. The van der Waals surface area contributed by atoms with Gasteiger partial charge in [0.1, 0.15) is 0 Å². The third-order valence-corrected chi connectivity index (χ3v) is 2.14. The van der Waals surface area contributed by atoms with Crippen molar-refractivity contribution in [2.45, 2.75) is 52.6 Å². The Morgan fingerprint density at radius 1 is 1.14 bits per heavy atom. The average molecular weight is 306 g/mol. The number of hydrogen-bond acceptors (Lipinski definition) is 7. The van der Waals surface area contributed by atoms with E-state index in [4.69, 9.17) is 19.5 Å². The second-order valence-electron chi connectivity index (χ2n) is 4.10. The molecule has 0 spiro atoms. The van der Waals surface area contributed by atoms with Crippen molar-refractivity contribution < 1.29 is 38.7 Å². The van der Waals surface area contributed by atoms with Crippen molar-refractivity contribution in [3.8, 4) is 0 Å². The van der Waals surface area contributed by atoms with E-state index in [2.05, 4.69) is 16.2 Å². The van der Waals surface area contributed by atoms with Crippen LogP contribution in [0, 0.1) is 0 Å². The van der Waals surface area contributed by atoms with E-state index in [1.807, 2.05) is 6.92 Å². The van der Waals surface area contributed by atoms with Crippen LogP contribution in [0.5, 0.6) is 0 Å². The number of carbonyl (C=O) groups is 2. The normalized spacial score (nSPS) is 13.1. The lowest BCUT2D eigenvalue weighted by Crippen LogP contribution is -2.26. The molecule has 0 heterocycles. The van der Waals surface area contributed by atoms with Crippen LogP contribution < -0.4 is 0 Å². The van der Waals surface area contributed by atoms with Crippen molar-refractivity contribution in [3.63, 3.8) is 0 Å². The Hall–Kier alpha value is -1.80. The minimum absolute atomic E-state index is 0.325. The molecule has 0 aromatic rings. The van der Waals surface area contributed by atoms with E-state index in [0.29, 0.717) is 6.61 Å². The largest absolute Gasteiger partial charge is 0.508 e. The number of rotatable bonds is 11. The molecular formula is C13H22O8. The van der Waals surface area contributed by atoms with Crippen LogP contribution >= 0.6 is 0 Å². The van der Waals surface area contributed by atoms with Crippen molar-refractivity contribution in [2.24, 2.45) is 0 Å². The number of hydrogen-bond donors (Lipinski definition) is 1. The maximum Gasteiger partial charge on any atom is 0.508 e. The van der Waals surface area contributed by atoms with E-state index in [1.165, 1.54) is 13.8 Å². The fraction of sp³-hybridized carbons (Fsp3) is 0.692. The van der Waals surface area contributed by atoms with Gasteiger partial charge in [-0.2, -0.15) is 4.89 Å². The molecule has 0 radical (unpaired) electrons. The van der Waals surface area contributed by atoms with Gasteiger partial charge in [0.15, 0.2) is 0 Å². The fourth-order valence-corrected chi connectivity index (χ4v) is 1.24. The molecule has 0 rings (SSSR count). The number of unbranched alkanes of at least 4 members (excludes halogenated alkanes) is 2. The SMILES string of the molecule is C=C(OOCCCCC)C(=O)OC(C)OC(C)OC(=O)O. The van der Waals surface area contributed by atoms with Gasteiger partial charge >= 0.3 is 12.1 Å². The highest BCUT2D eigenvalue weighted by Crippen LogP contribution is 2.07. The van der Waals surface area contributed by atoms with Crippen LogP contribution in [0.3, 0.4) is 0 Å². The first-order valence-electron chi connectivity index (χ1n) is 6.61. The second-order valence-corrected chi connectivity index (χ2v) is 4.10. The summed E-state index contributed by atoms with van der Waals surface area (Å²) in [5.74, 6) is -1.20. The Morgan fingerprint density at radius 2 is 1.76 bits per heavy atom. The third kappa shape index (κ3) is 10.6. The standard InChI is InChI=1S/C13H22O8/c1-5-6-7-8-17-21-9(2)12(14)19-10(3)18-11(4)20-13(15)16/h10-11H,2,5-8H2,1,3-4H3,(H,15,16). The number of carboxylic acid groups (broad SMARTS) is 1. The molecule has 0 aliphatic heterocycles. The van der Waals surface area contributed by atoms with Crippen LogP contribution in [0.4, 0.5) is 4.79 Å². The van der Waals surface area contributed by atoms with Crippen LogP contribution in [0.2, 0.25) is 0 Å². The molecule has 0 fully saturated rings. The summed E-state index contributed by atoms with van der Waals surface area (Å²) in [5, 5.41) is 8.36. The maximum absolute atomic E-state index is 11.5. The van der Waals surface area contributed by atoms with Gasteiger partial charge in [-0.3, -0.25) is 0 Å². The van der Waals surface area contributed by atoms with Crippen LogP contribution in [0.1, 0.15) is 40.0 Å². The molecule has 0 aromatic carbocycles. The van der Waals surface area contributed by atoms with E-state index in [9.17, 15) is 9.59 Å². The predicted molar refractivity (Wildman–Crippen MR) is 70.9 cm³/mol. The Labute approximate surface area is 123 Å². The lowest BCUT2D eigenvalue weighted by atomic mass is 10.3. The molecule has 8 heteroatoms. The van der Waals surface area contributed by atoms with Gasteiger partial charge in [0.2, 0.25) is 18.3 Å². The first-order chi connectivity index (χ1) is 9.86. The number of esters is 1. The predicted octanol–water partition coefficient (Wildman–Crippen LogP) is 2.58. The van der Waals surface area contributed by atoms with Gasteiger partial charge in [-0.15, -0.1) is 0 Å². The van der Waals surface area contributed by atoms with Gasteiger partial charge in [0.25, 0.3) is 0 Å². The topological polar surface area (TPSA) is 101 Å². The van der Waals surface area contributed by atoms with Gasteiger partial charge in [-0.25, -0.2) is 9.59 Å². The van der Waals surface area contributed by atoms with Crippen molar-refractivity contribution in [1.82, 2.24) is 0 Å². The number of carbonyl (C=O) groups excluding carboxylic acids is 1. The van der Waals surface area contributed by atoms with Gasteiger partial charge in [0.05, 0.1) is 6.61 Å². The lowest BCUT2D eigenvalue weighted by molar-refractivity contribution is -0.269. The Bertz CT molecular complexity index is 341. The summed E-state index contributed by atoms with van der Waals surface area (Å²) in [6.45, 7) is 8.49. The molecule has 0 bridgehead atoms. The van der Waals surface area contributed by atoms with Crippen LogP contribution in [0.25, 0.3) is 0 Å². The molecular weight excluding hydrogens is 284 g/mol. The smallest absolute Gasteiger partial charge is 0.450 e. The second kappa shape index (κ2) is 10.9. The molecule has 1 N–H and O–H groups in total. The lowest BCUT2D eigenvalue weighted by Gasteiger charge is -2.18. The Kier molecular flexibility index (Phi) is 9.99. The summed E-state index contributed by atoms with van der Waals surface area (Å²) >= 11 is 0. The van der Waals surface area contributed by atoms with Crippen LogP contribution in [0.15, 0.2) is 12.3 Å². The first-order valence-corrected chi connectivity index (χ1v) is 6.61. The summed E-state index contributed by atoms with van der Waals surface area (Å²) in [7, 11) is 0. The zero-order chi connectivity index (χ0) is 16.3. The van der Waals surface area contributed by atoms with Gasteiger partial charge < -0.3 is 24.2 Å². The van der Waals surface area contributed by atoms with Gasteiger partial charge in [0, 0.05) is 0 Å². The zero-order valence-electron chi connectivity index (χ0n) is 12.5. The molecule has 0 aromatic heterocycles. The third-order valence-electron chi connectivity index (χ3n) is 2.14. The van der Waals surface area contributed by atoms with E-state index < -0.39 is 24.7 Å². The molecule has 122 valence electrons. The Balaban J connectivity index is 3.89. The highest BCUT2D eigenvalue weighted by Gasteiger charge is 2.19. The van der Waals surface area contributed by atoms with Crippen molar-refractivity contribution in [1.29, 1.82) is 0 Å². The van der Waals surface area contributed by atoms with Crippen LogP contribution in [-0.4, -0.2) is 36.4 Å². The van der Waals surface area contributed by atoms with E-state index in [-0.39, 0.29) is 5.76 Å². The molecule has 0 aliphatic carbocycles. The minimum Gasteiger partial charge on any atom is -0.450 e.